The fourth-order valence-corrected chi connectivity index (χ4v) is 1.98. The van der Waals surface area contributed by atoms with E-state index in [1.807, 2.05) is 32.0 Å². The lowest BCUT2D eigenvalue weighted by molar-refractivity contribution is 0.0683. The molecule has 1 aromatic carbocycles. The lowest BCUT2D eigenvalue weighted by Crippen LogP contribution is -2.12. The van der Waals surface area contributed by atoms with Gasteiger partial charge in [0, 0.05) is 6.61 Å². The van der Waals surface area contributed by atoms with Crippen molar-refractivity contribution in [2.24, 2.45) is 5.73 Å². The highest BCUT2D eigenvalue weighted by Gasteiger charge is 2.18. The van der Waals surface area contributed by atoms with E-state index in [4.69, 9.17) is 15.0 Å². The lowest BCUT2D eigenvalue weighted by atomic mass is 10.1. The second kappa shape index (κ2) is 7.17. The average molecular weight is 275 g/mol. The molecular weight excluding hydrogens is 254 g/mol. The summed E-state index contributed by atoms with van der Waals surface area (Å²) in [6.45, 7) is 4.45. The summed E-state index contributed by atoms with van der Waals surface area (Å²) < 4.78 is 10.6. The molecular formula is C15H21N3O2. The summed E-state index contributed by atoms with van der Waals surface area (Å²) in [7, 11) is 0. The summed E-state index contributed by atoms with van der Waals surface area (Å²) in [6, 6.07) is 9.98. The van der Waals surface area contributed by atoms with Crippen LogP contribution in [0.25, 0.3) is 0 Å². The Bertz CT molecular complexity index is 513. The SMILES string of the molecule is CCOC(C)c1noc(C(N)CCc2ccccc2)n1. The molecule has 0 radical (unpaired) electrons. The van der Waals surface area contributed by atoms with Gasteiger partial charge in [-0.25, -0.2) is 0 Å². The van der Waals surface area contributed by atoms with Crippen molar-refractivity contribution in [3.8, 4) is 0 Å². The van der Waals surface area contributed by atoms with Crippen LogP contribution >= 0.6 is 0 Å². The molecule has 0 aliphatic heterocycles. The van der Waals surface area contributed by atoms with E-state index < -0.39 is 0 Å². The number of rotatable bonds is 7. The van der Waals surface area contributed by atoms with Crippen LogP contribution < -0.4 is 5.73 Å². The van der Waals surface area contributed by atoms with Crippen LogP contribution in [-0.2, 0) is 11.2 Å². The molecule has 108 valence electrons. The summed E-state index contributed by atoms with van der Waals surface area (Å²) in [5.74, 6) is 1.03. The Morgan fingerprint density at radius 1 is 1.30 bits per heavy atom. The van der Waals surface area contributed by atoms with Gasteiger partial charge < -0.3 is 15.0 Å². The zero-order valence-corrected chi connectivity index (χ0v) is 12.0. The second-order valence-electron chi connectivity index (χ2n) is 4.72. The Balaban J connectivity index is 1.91. The van der Waals surface area contributed by atoms with Crippen LogP contribution in [-0.4, -0.2) is 16.7 Å². The van der Waals surface area contributed by atoms with Gasteiger partial charge in [-0.2, -0.15) is 4.98 Å². The summed E-state index contributed by atoms with van der Waals surface area (Å²) in [4.78, 5) is 4.31. The molecule has 0 spiro atoms. The summed E-state index contributed by atoms with van der Waals surface area (Å²) in [5, 5.41) is 3.92. The third kappa shape index (κ3) is 3.88. The van der Waals surface area contributed by atoms with Crippen LogP contribution in [0.4, 0.5) is 0 Å². The first-order valence-electron chi connectivity index (χ1n) is 6.95. The van der Waals surface area contributed by atoms with Crippen LogP contribution in [0, 0.1) is 0 Å². The van der Waals surface area contributed by atoms with E-state index >= 15 is 0 Å². The van der Waals surface area contributed by atoms with E-state index in [1.54, 1.807) is 0 Å². The van der Waals surface area contributed by atoms with Gasteiger partial charge in [-0.05, 0) is 32.3 Å². The molecule has 0 saturated heterocycles. The van der Waals surface area contributed by atoms with Crippen molar-refractivity contribution in [3.63, 3.8) is 0 Å². The van der Waals surface area contributed by atoms with Gasteiger partial charge in [0.1, 0.15) is 6.10 Å². The fraction of sp³-hybridized carbons (Fsp3) is 0.467. The van der Waals surface area contributed by atoms with Crippen LogP contribution in [0.1, 0.15) is 49.7 Å². The van der Waals surface area contributed by atoms with Crippen molar-refractivity contribution in [2.75, 3.05) is 6.61 Å². The first-order valence-corrected chi connectivity index (χ1v) is 6.95. The van der Waals surface area contributed by atoms with E-state index in [0.29, 0.717) is 18.3 Å². The van der Waals surface area contributed by atoms with Gasteiger partial charge in [-0.1, -0.05) is 35.5 Å². The minimum absolute atomic E-state index is 0.168. The predicted octanol–water partition coefficient (Wildman–Crippen LogP) is 2.80. The summed E-state index contributed by atoms with van der Waals surface area (Å²) >= 11 is 0. The summed E-state index contributed by atoms with van der Waals surface area (Å²) in [6.07, 6.45) is 1.49. The Morgan fingerprint density at radius 2 is 2.05 bits per heavy atom. The van der Waals surface area contributed by atoms with Crippen molar-refractivity contribution >= 4 is 0 Å². The number of aromatic nitrogens is 2. The first-order chi connectivity index (χ1) is 9.70. The van der Waals surface area contributed by atoms with Gasteiger partial charge in [-0.3, -0.25) is 0 Å². The fourth-order valence-electron chi connectivity index (χ4n) is 1.98. The largest absolute Gasteiger partial charge is 0.371 e. The third-order valence-electron chi connectivity index (χ3n) is 3.14. The van der Waals surface area contributed by atoms with Gasteiger partial charge in [0.05, 0.1) is 6.04 Å². The quantitative estimate of drug-likeness (QED) is 0.841. The third-order valence-corrected chi connectivity index (χ3v) is 3.14. The number of ether oxygens (including phenoxy) is 1. The highest BCUT2D eigenvalue weighted by Crippen LogP contribution is 2.18. The van der Waals surface area contributed by atoms with Gasteiger partial charge >= 0.3 is 0 Å². The molecule has 1 heterocycles. The number of benzene rings is 1. The van der Waals surface area contributed by atoms with E-state index in [2.05, 4.69) is 22.3 Å². The van der Waals surface area contributed by atoms with Gasteiger partial charge in [0.2, 0.25) is 5.89 Å². The normalized spacial score (nSPS) is 14.2. The highest BCUT2D eigenvalue weighted by atomic mass is 16.5. The van der Waals surface area contributed by atoms with Gasteiger partial charge in [0.25, 0.3) is 0 Å². The molecule has 5 heteroatoms. The number of aryl methyl sites for hydroxylation is 1. The first kappa shape index (κ1) is 14.7. The topological polar surface area (TPSA) is 74.2 Å². The predicted molar refractivity (Wildman–Crippen MR) is 76.0 cm³/mol. The number of hydrogen-bond acceptors (Lipinski definition) is 5. The number of hydrogen-bond donors (Lipinski definition) is 1. The molecule has 1 aromatic heterocycles. The van der Waals surface area contributed by atoms with Crippen LogP contribution in [0.15, 0.2) is 34.9 Å². The Hall–Kier alpha value is -1.72. The Labute approximate surface area is 119 Å². The standard InChI is InChI=1S/C15H21N3O2/c1-3-19-11(2)14-17-15(20-18-14)13(16)10-9-12-7-5-4-6-8-12/h4-8,11,13H,3,9-10,16H2,1-2H3. The zero-order chi connectivity index (χ0) is 14.4. The van der Waals surface area contributed by atoms with E-state index in [1.165, 1.54) is 5.56 Å². The highest BCUT2D eigenvalue weighted by molar-refractivity contribution is 5.15. The molecule has 2 aromatic rings. The molecule has 20 heavy (non-hydrogen) atoms. The lowest BCUT2D eigenvalue weighted by Gasteiger charge is -2.07. The number of nitrogens with zero attached hydrogens (tertiary/aromatic N) is 2. The van der Waals surface area contributed by atoms with Crippen molar-refractivity contribution in [3.05, 3.63) is 47.6 Å². The Morgan fingerprint density at radius 3 is 2.75 bits per heavy atom. The summed E-state index contributed by atoms with van der Waals surface area (Å²) in [5.41, 5.74) is 7.35. The maximum absolute atomic E-state index is 6.09. The number of nitrogens with two attached hydrogens (primary N) is 1. The smallest absolute Gasteiger partial charge is 0.243 e. The van der Waals surface area contributed by atoms with Gasteiger partial charge in [0.15, 0.2) is 5.82 Å². The van der Waals surface area contributed by atoms with Crippen molar-refractivity contribution in [1.82, 2.24) is 10.1 Å². The van der Waals surface area contributed by atoms with Crippen molar-refractivity contribution < 1.29 is 9.26 Å². The molecule has 2 rings (SSSR count). The molecule has 2 atom stereocenters. The van der Waals surface area contributed by atoms with E-state index in [-0.39, 0.29) is 12.1 Å². The molecule has 2 unspecified atom stereocenters. The molecule has 0 saturated carbocycles. The minimum atomic E-state index is -0.245. The minimum Gasteiger partial charge on any atom is -0.371 e. The maximum atomic E-state index is 6.09. The molecule has 0 amide bonds. The van der Waals surface area contributed by atoms with Crippen molar-refractivity contribution in [1.29, 1.82) is 0 Å². The maximum Gasteiger partial charge on any atom is 0.243 e. The second-order valence-corrected chi connectivity index (χ2v) is 4.72. The zero-order valence-electron chi connectivity index (χ0n) is 12.0. The Kier molecular flexibility index (Phi) is 5.26. The average Bonchev–Trinajstić information content (AvgIpc) is 2.96. The van der Waals surface area contributed by atoms with E-state index in [0.717, 1.165) is 12.8 Å². The van der Waals surface area contributed by atoms with Crippen LogP contribution in [0.3, 0.4) is 0 Å². The van der Waals surface area contributed by atoms with Gasteiger partial charge in [-0.15, -0.1) is 0 Å². The molecule has 0 fully saturated rings. The molecule has 5 nitrogen and oxygen atoms in total. The molecule has 0 aliphatic carbocycles. The molecule has 0 bridgehead atoms. The molecule has 2 N–H and O–H groups in total. The van der Waals surface area contributed by atoms with Crippen molar-refractivity contribution in [2.45, 2.75) is 38.8 Å². The van der Waals surface area contributed by atoms with Crippen LogP contribution in [0.2, 0.25) is 0 Å². The monoisotopic (exact) mass is 275 g/mol. The van der Waals surface area contributed by atoms with Crippen LogP contribution in [0.5, 0.6) is 0 Å². The molecule has 0 aliphatic rings. The van der Waals surface area contributed by atoms with E-state index in [9.17, 15) is 0 Å².